The Labute approximate surface area is 112 Å². The average Bonchev–Trinajstić information content (AvgIpc) is 2.72. The minimum Gasteiger partial charge on any atom is -0.314 e. The molecule has 1 aromatic heterocycles. The van der Waals surface area contributed by atoms with E-state index in [4.69, 9.17) is 23.2 Å². The summed E-state index contributed by atoms with van der Waals surface area (Å²) in [5, 5.41) is 6.20. The van der Waals surface area contributed by atoms with E-state index in [0.29, 0.717) is 22.8 Å². The number of benzene rings is 1. The Balaban J connectivity index is 2.41. The predicted octanol–water partition coefficient (Wildman–Crippen LogP) is 3.98. The molecule has 0 saturated heterocycles. The van der Waals surface area contributed by atoms with Gasteiger partial charge in [-0.05, 0) is 19.2 Å². The van der Waals surface area contributed by atoms with Crippen LogP contribution in [0, 0.1) is 5.82 Å². The summed E-state index contributed by atoms with van der Waals surface area (Å²) in [7, 11) is 1.84. The van der Waals surface area contributed by atoms with Crippen LogP contribution in [0.2, 0.25) is 10.0 Å². The van der Waals surface area contributed by atoms with Crippen LogP contribution in [0.3, 0.4) is 0 Å². The fourth-order valence-electron chi connectivity index (χ4n) is 1.39. The molecule has 1 aromatic carbocycles. The summed E-state index contributed by atoms with van der Waals surface area (Å²) in [6.45, 7) is 0.679. The van der Waals surface area contributed by atoms with Gasteiger partial charge in [-0.1, -0.05) is 23.2 Å². The van der Waals surface area contributed by atoms with Crippen LogP contribution in [0.4, 0.5) is 4.39 Å². The molecule has 0 unspecified atom stereocenters. The second kappa shape index (κ2) is 5.31. The lowest BCUT2D eigenvalue weighted by Crippen LogP contribution is -2.04. The first-order valence-corrected chi connectivity index (χ1v) is 6.49. The number of aromatic nitrogens is 1. The molecule has 0 fully saturated rings. The summed E-state index contributed by atoms with van der Waals surface area (Å²) < 4.78 is 13.4. The van der Waals surface area contributed by atoms with Crippen LogP contribution in [0.15, 0.2) is 17.5 Å². The van der Waals surface area contributed by atoms with Crippen molar-refractivity contribution in [1.29, 1.82) is 0 Å². The maximum atomic E-state index is 13.4. The number of nitrogens with zero attached hydrogens (tertiary/aromatic N) is 1. The predicted molar refractivity (Wildman–Crippen MR) is 70.3 cm³/mol. The SMILES string of the molecule is CNCc1nc(-c2cc(F)c(Cl)cc2Cl)cs1. The minimum absolute atomic E-state index is 0.0180. The Hall–Kier alpha value is -0.680. The zero-order valence-corrected chi connectivity index (χ0v) is 11.3. The van der Waals surface area contributed by atoms with E-state index in [2.05, 4.69) is 10.3 Å². The van der Waals surface area contributed by atoms with E-state index < -0.39 is 5.82 Å². The number of hydrogen-bond acceptors (Lipinski definition) is 3. The van der Waals surface area contributed by atoms with Gasteiger partial charge in [0, 0.05) is 17.5 Å². The van der Waals surface area contributed by atoms with Crippen molar-refractivity contribution in [2.45, 2.75) is 6.54 Å². The van der Waals surface area contributed by atoms with E-state index in [1.807, 2.05) is 12.4 Å². The second-order valence-corrected chi connectivity index (χ2v) is 5.16. The molecule has 90 valence electrons. The zero-order valence-electron chi connectivity index (χ0n) is 8.93. The average molecular weight is 291 g/mol. The van der Waals surface area contributed by atoms with Gasteiger partial charge in [-0.3, -0.25) is 0 Å². The van der Waals surface area contributed by atoms with Crippen molar-refractivity contribution in [2.24, 2.45) is 0 Å². The highest BCUT2D eigenvalue weighted by atomic mass is 35.5. The molecule has 0 aliphatic carbocycles. The van der Waals surface area contributed by atoms with Crippen molar-refractivity contribution in [3.8, 4) is 11.3 Å². The lowest BCUT2D eigenvalue weighted by Gasteiger charge is -2.02. The highest BCUT2D eigenvalue weighted by molar-refractivity contribution is 7.09. The Bertz CT molecular complexity index is 542. The molecule has 0 saturated carbocycles. The van der Waals surface area contributed by atoms with Gasteiger partial charge in [-0.2, -0.15) is 0 Å². The van der Waals surface area contributed by atoms with E-state index >= 15 is 0 Å². The lowest BCUT2D eigenvalue weighted by atomic mass is 10.2. The van der Waals surface area contributed by atoms with Crippen LogP contribution in [0.5, 0.6) is 0 Å². The third kappa shape index (κ3) is 2.77. The lowest BCUT2D eigenvalue weighted by molar-refractivity contribution is 0.628. The maximum absolute atomic E-state index is 13.4. The summed E-state index contributed by atoms with van der Waals surface area (Å²) in [5.74, 6) is -0.491. The van der Waals surface area contributed by atoms with E-state index in [1.54, 1.807) is 0 Å². The van der Waals surface area contributed by atoms with Crippen LogP contribution in [0.1, 0.15) is 5.01 Å². The summed E-state index contributed by atoms with van der Waals surface area (Å²) in [5.41, 5.74) is 1.23. The topological polar surface area (TPSA) is 24.9 Å². The van der Waals surface area contributed by atoms with Gasteiger partial charge in [0.2, 0.25) is 0 Å². The standard InChI is InChI=1S/C11H9Cl2FN2S/c1-15-4-11-16-10(5-17-11)6-2-9(14)8(13)3-7(6)12/h2-3,5,15H,4H2,1H3. The first-order chi connectivity index (χ1) is 8.11. The van der Waals surface area contributed by atoms with Crippen molar-refractivity contribution >= 4 is 34.5 Å². The normalized spacial score (nSPS) is 10.8. The van der Waals surface area contributed by atoms with Gasteiger partial charge >= 0.3 is 0 Å². The highest BCUT2D eigenvalue weighted by Crippen LogP contribution is 2.32. The minimum atomic E-state index is -0.491. The molecule has 2 nitrogen and oxygen atoms in total. The van der Waals surface area contributed by atoms with E-state index in [1.165, 1.54) is 23.5 Å². The second-order valence-electron chi connectivity index (χ2n) is 3.40. The zero-order chi connectivity index (χ0) is 12.4. The quantitative estimate of drug-likeness (QED) is 0.865. The maximum Gasteiger partial charge on any atom is 0.142 e. The van der Waals surface area contributed by atoms with Crippen LogP contribution < -0.4 is 5.32 Å². The van der Waals surface area contributed by atoms with E-state index in [9.17, 15) is 4.39 Å². The smallest absolute Gasteiger partial charge is 0.142 e. The summed E-state index contributed by atoms with van der Waals surface area (Å²) in [6, 6.07) is 2.70. The molecule has 0 aliphatic rings. The van der Waals surface area contributed by atoms with Crippen molar-refractivity contribution in [3.63, 3.8) is 0 Å². The number of thiazole rings is 1. The number of hydrogen-bond donors (Lipinski definition) is 1. The van der Waals surface area contributed by atoms with Crippen LogP contribution in [-0.4, -0.2) is 12.0 Å². The molecule has 1 N–H and O–H groups in total. The molecule has 0 atom stereocenters. The number of halogens is 3. The van der Waals surface area contributed by atoms with Crippen LogP contribution >= 0.6 is 34.5 Å². The first-order valence-electron chi connectivity index (χ1n) is 4.85. The molecule has 0 bridgehead atoms. The molecule has 0 amide bonds. The largest absolute Gasteiger partial charge is 0.314 e. The third-order valence-corrected chi connectivity index (χ3v) is 3.62. The Morgan fingerprint density at radius 2 is 2.12 bits per heavy atom. The molecule has 1 heterocycles. The van der Waals surface area contributed by atoms with Crippen molar-refractivity contribution in [3.05, 3.63) is 38.4 Å². The monoisotopic (exact) mass is 290 g/mol. The van der Waals surface area contributed by atoms with Crippen molar-refractivity contribution in [1.82, 2.24) is 10.3 Å². The molecule has 0 spiro atoms. The van der Waals surface area contributed by atoms with Crippen molar-refractivity contribution in [2.75, 3.05) is 7.05 Å². The van der Waals surface area contributed by atoms with Gasteiger partial charge in [-0.25, -0.2) is 9.37 Å². The molecule has 0 radical (unpaired) electrons. The Kier molecular flexibility index (Phi) is 3.99. The summed E-state index contributed by atoms with van der Waals surface area (Å²) in [4.78, 5) is 4.36. The van der Waals surface area contributed by atoms with Gasteiger partial charge in [0.25, 0.3) is 0 Å². The molecule has 0 aliphatic heterocycles. The Morgan fingerprint density at radius 3 is 2.82 bits per heavy atom. The van der Waals surface area contributed by atoms with Gasteiger partial charge in [0.15, 0.2) is 0 Å². The van der Waals surface area contributed by atoms with Crippen LogP contribution in [-0.2, 0) is 6.54 Å². The summed E-state index contributed by atoms with van der Waals surface area (Å²) >= 11 is 13.2. The van der Waals surface area contributed by atoms with E-state index in [0.717, 1.165) is 5.01 Å². The fourth-order valence-corrected chi connectivity index (χ4v) is 2.67. The van der Waals surface area contributed by atoms with E-state index in [-0.39, 0.29) is 5.02 Å². The Morgan fingerprint density at radius 1 is 1.35 bits per heavy atom. The summed E-state index contributed by atoms with van der Waals surface area (Å²) in [6.07, 6.45) is 0. The van der Waals surface area contributed by atoms with Crippen molar-refractivity contribution < 1.29 is 4.39 Å². The molecule has 17 heavy (non-hydrogen) atoms. The molecular formula is C11H9Cl2FN2S. The molecular weight excluding hydrogens is 282 g/mol. The first kappa shape index (κ1) is 12.8. The molecule has 2 rings (SSSR count). The van der Waals surface area contributed by atoms with Gasteiger partial charge in [0.05, 0.1) is 15.7 Å². The number of rotatable bonds is 3. The highest BCUT2D eigenvalue weighted by Gasteiger charge is 2.11. The van der Waals surface area contributed by atoms with Crippen LogP contribution in [0.25, 0.3) is 11.3 Å². The molecule has 6 heteroatoms. The third-order valence-electron chi connectivity index (χ3n) is 2.17. The number of nitrogens with one attached hydrogen (secondary N) is 1. The fraction of sp³-hybridized carbons (Fsp3) is 0.182. The van der Waals surface area contributed by atoms with Gasteiger partial charge < -0.3 is 5.32 Å². The van der Waals surface area contributed by atoms with Gasteiger partial charge in [-0.15, -0.1) is 11.3 Å². The molecule has 2 aromatic rings. The van der Waals surface area contributed by atoms with Gasteiger partial charge in [0.1, 0.15) is 10.8 Å².